The van der Waals surface area contributed by atoms with E-state index in [1.54, 1.807) is 13.8 Å². The van der Waals surface area contributed by atoms with Crippen molar-refractivity contribution in [1.82, 2.24) is 0 Å². The van der Waals surface area contributed by atoms with Crippen LogP contribution in [0.15, 0.2) is 0 Å². The van der Waals surface area contributed by atoms with Crippen LogP contribution in [0.5, 0.6) is 0 Å². The molecule has 1 saturated carbocycles. The van der Waals surface area contributed by atoms with Gasteiger partial charge in [-0.1, -0.05) is 13.8 Å². The number of hydrogen-bond donors (Lipinski definition) is 2. The largest absolute Gasteiger partial charge is 0.459 e. The molecular weight excluding hydrogens is 418 g/mol. The van der Waals surface area contributed by atoms with E-state index in [1.807, 2.05) is 0 Å². The van der Waals surface area contributed by atoms with Gasteiger partial charge in [0.25, 0.3) is 0 Å². The number of hydrogen-bond acceptors (Lipinski definition) is 8. The third-order valence-electron chi connectivity index (χ3n) is 5.90. The van der Waals surface area contributed by atoms with E-state index in [0.29, 0.717) is 26.2 Å². The molecule has 9 nitrogen and oxygen atoms in total. The number of carbonyl (C=O) groups is 2. The highest BCUT2D eigenvalue weighted by molar-refractivity contribution is 7.86. The van der Waals surface area contributed by atoms with Crippen LogP contribution in [0, 0.1) is 11.8 Å². The second kappa shape index (κ2) is 8.40. The van der Waals surface area contributed by atoms with Crippen molar-refractivity contribution in [2.45, 2.75) is 75.6 Å². The van der Waals surface area contributed by atoms with Gasteiger partial charge in [-0.2, -0.15) is 17.2 Å². The fourth-order valence-corrected chi connectivity index (χ4v) is 4.45. The van der Waals surface area contributed by atoms with Crippen LogP contribution in [-0.4, -0.2) is 65.8 Å². The predicted molar refractivity (Wildman–Crippen MR) is 93.4 cm³/mol. The summed E-state index contributed by atoms with van der Waals surface area (Å²) in [7, 11) is -5.76. The van der Waals surface area contributed by atoms with Gasteiger partial charge in [-0.15, -0.1) is 0 Å². The van der Waals surface area contributed by atoms with E-state index in [9.17, 15) is 31.9 Å². The van der Waals surface area contributed by atoms with E-state index in [0.717, 1.165) is 0 Å². The van der Waals surface area contributed by atoms with Crippen LogP contribution in [0.25, 0.3) is 0 Å². The number of halogens is 2. The van der Waals surface area contributed by atoms with Crippen molar-refractivity contribution < 1.29 is 50.7 Å². The molecule has 29 heavy (non-hydrogen) atoms. The van der Waals surface area contributed by atoms with Gasteiger partial charge in [0, 0.05) is 12.3 Å². The minimum absolute atomic E-state index is 0.225. The first-order chi connectivity index (χ1) is 13.3. The van der Waals surface area contributed by atoms with E-state index >= 15 is 0 Å². The molecule has 0 aromatic rings. The molecule has 0 radical (unpaired) electrons. The topological polar surface area (TPSA) is 136 Å². The first-order valence-electron chi connectivity index (χ1n) is 9.35. The highest BCUT2D eigenvalue weighted by Crippen LogP contribution is 2.46. The number of esters is 2. The van der Waals surface area contributed by atoms with Crippen molar-refractivity contribution in [3.05, 3.63) is 0 Å². The Hall–Kier alpha value is -1.37. The molecule has 5 atom stereocenters. The molecule has 0 aromatic heterocycles. The fraction of sp³-hybridized carbons (Fsp3) is 0.882. The van der Waals surface area contributed by atoms with E-state index in [1.165, 1.54) is 0 Å². The second-order valence-corrected chi connectivity index (χ2v) is 8.98. The highest BCUT2D eigenvalue weighted by atomic mass is 32.2. The number of carbonyl (C=O) groups excluding carboxylic acids is 2. The third-order valence-corrected chi connectivity index (χ3v) is 6.92. The Balaban J connectivity index is 2.01. The molecule has 1 heterocycles. The van der Waals surface area contributed by atoms with Crippen LogP contribution >= 0.6 is 0 Å². The lowest BCUT2D eigenvalue weighted by Gasteiger charge is -2.41. The van der Waals surface area contributed by atoms with Crippen LogP contribution in [-0.2, 0) is 33.9 Å². The van der Waals surface area contributed by atoms with Gasteiger partial charge in [-0.25, -0.2) is 4.79 Å². The van der Waals surface area contributed by atoms with Gasteiger partial charge in [0.1, 0.15) is 12.7 Å². The maximum absolute atomic E-state index is 13.5. The van der Waals surface area contributed by atoms with Gasteiger partial charge in [0.05, 0.1) is 17.6 Å². The highest BCUT2D eigenvalue weighted by Gasteiger charge is 2.55. The average molecular weight is 444 g/mol. The third kappa shape index (κ3) is 4.70. The maximum Gasteiger partial charge on any atom is 0.405 e. The van der Waals surface area contributed by atoms with Crippen molar-refractivity contribution in [2.24, 2.45) is 11.8 Å². The molecule has 2 rings (SSSR count). The minimum Gasteiger partial charge on any atom is -0.459 e. The summed E-state index contributed by atoms with van der Waals surface area (Å²) in [5.41, 5.74) is -1.12. The first-order valence-corrected chi connectivity index (χ1v) is 10.8. The molecule has 0 amide bonds. The molecule has 5 unspecified atom stereocenters. The molecule has 168 valence electrons. The van der Waals surface area contributed by atoms with Gasteiger partial charge in [0.15, 0.2) is 6.10 Å². The molecule has 2 N–H and O–H groups in total. The zero-order chi connectivity index (χ0) is 22.2. The summed E-state index contributed by atoms with van der Waals surface area (Å²) < 4.78 is 71.9. The summed E-state index contributed by atoms with van der Waals surface area (Å²) in [4.78, 5) is 23.9. The lowest BCUT2D eigenvalue weighted by atomic mass is 9.67. The Morgan fingerprint density at radius 3 is 2.41 bits per heavy atom. The number of fused-ring (bicyclic) bond motifs is 2. The van der Waals surface area contributed by atoms with E-state index < -0.39 is 69.7 Å². The minimum atomic E-state index is -5.76. The molecule has 2 fully saturated rings. The molecular formula is C17H26F2O9S. The molecule has 1 aliphatic heterocycles. The number of ether oxygens (including phenoxy) is 3. The zero-order valence-corrected chi connectivity index (χ0v) is 17.2. The van der Waals surface area contributed by atoms with Crippen molar-refractivity contribution >= 4 is 22.1 Å². The van der Waals surface area contributed by atoms with E-state index in [4.69, 9.17) is 14.0 Å². The maximum atomic E-state index is 13.5. The van der Waals surface area contributed by atoms with Gasteiger partial charge >= 0.3 is 27.3 Å². The van der Waals surface area contributed by atoms with Crippen LogP contribution in [0.1, 0.15) is 46.5 Å². The average Bonchev–Trinajstić information content (AvgIpc) is 2.95. The Kier molecular flexibility index (Phi) is 6.93. The van der Waals surface area contributed by atoms with Gasteiger partial charge in [-0.3, -0.25) is 9.35 Å². The lowest BCUT2D eigenvalue weighted by molar-refractivity contribution is -0.171. The SMILES string of the molecule is CCC(O)(CC)C1CC(OCC(=O)OC(C)C(F)(F)S(=O)(=O)O)C2CC1C(=O)O2. The normalized spacial score (nSPS) is 28.7. The van der Waals surface area contributed by atoms with Crippen molar-refractivity contribution in [3.8, 4) is 0 Å². The molecule has 0 spiro atoms. The van der Waals surface area contributed by atoms with Crippen LogP contribution in [0.2, 0.25) is 0 Å². The van der Waals surface area contributed by atoms with Crippen molar-refractivity contribution in [3.63, 3.8) is 0 Å². The first kappa shape index (κ1) is 23.9. The molecule has 0 aromatic carbocycles. The van der Waals surface area contributed by atoms with Crippen molar-refractivity contribution in [2.75, 3.05) is 6.61 Å². The number of alkyl halides is 2. The van der Waals surface area contributed by atoms with E-state index in [-0.39, 0.29) is 6.42 Å². The van der Waals surface area contributed by atoms with Gasteiger partial charge in [0.2, 0.25) is 0 Å². The summed E-state index contributed by atoms with van der Waals surface area (Å²) in [5.74, 6) is -2.65. The lowest BCUT2D eigenvalue weighted by Crippen LogP contribution is -2.48. The molecule has 1 saturated heterocycles. The quantitative estimate of drug-likeness (QED) is 0.398. The van der Waals surface area contributed by atoms with Crippen LogP contribution in [0.4, 0.5) is 8.78 Å². The van der Waals surface area contributed by atoms with Gasteiger partial charge < -0.3 is 19.3 Å². The number of aliphatic hydroxyl groups is 1. The smallest absolute Gasteiger partial charge is 0.405 e. The van der Waals surface area contributed by atoms with Crippen molar-refractivity contribution in [1.29, 1.82) is 0 Å². The standard InChI is InChI=1S/C17H26F2O9S/c1-4-16(22,5-2)11-7-12(13-6-10(11)15(21)28-13)26-8-14(20)27-9(3)17(18,19)29(23,24)25/h9-13,22H,4-8H2,1-3H3,(H,23,24,25). The monoisotopic (exact) mass is 444 g/mol. The zero-order valence-electron chi connectivity index (χ0n) is 16.3. The van der Waals surface area contributed by atoms with Gasteiger partial charge in [-0.05, 0) is 26.2 Å². The summed E-state index contributed by atoms with van der Waals surface area (Å²) >= 11 is 0. The Morgan fingerprint density at radius 1 is 1.31 bits per heavy atom. The predicted octanol–water partition coefficient (Wildman–Crippen LogP) is 1.29. The van der Waals surface area contributed by atoms with Crippen LogP contribution in [0.3, 0.4) is 0 Å². The van der Waals surface area contributed by atoms with E-state index in [2.05, 4.69) is 4.74 Å². The second-order valence-electron chi connectivity index (χ2n) is 7.49. The molecule has 2 aliphatic rings. The molecule has 1 aliphatic carbocycles. The molecule has 2 bridgehead atoms. The Morgan fingerprint density at radius 2 is 1.90 bits per heavy atom. The fourth-order valence-electron chi connectivity index (χ4n) is 3.98. The molecule has 12 heteroatoms. The summed E-state index contributed by atoms with van der Waals surface area (Å²) in [6.07, 6.45) is -2.49. The number of rotatable bonds is 9. The summed E-state index contributed by atoms with van der Waals surface area (Å²) in [6.45, 7) is 3.41. The Bertz CT molecular complexity index is 735. The van der Waals surface area contributed by atoms with Crippen LogP contribution < -0.4 is 0 Å². The summed E-state index contributed by atoms with van der Waals surface area (Å²) in [6, 6.07) is 0. The Labute approximate surface area is 167 Å². The summed E-state index contributed by atoms with van der Waals surface area (Å²) in [5, 5.41) is 6.18.